The van der Waals surface area contributed by atoms with E-state index in [0.29, 0.717) is 0 Å². The van der Waals surface area contributed by atoms with Crippen molar-refractivity contribution in [2.45, 2.75) is 32.1 Å². The Balaban J connectivity index is 5.05. The van der Waals surface area contributed by atoms with Crippen molar-refractivity contribution in [3.8, 4) is 0 Å². The molecular formula is C9H16O4Si. The molecule has 5 heteroatoms. The first-order chi connectivity index (χ1) is 6.16. The van der Waals surface area contributed by atoms with Crippen molar-refractivity contribution >= 4 is 20.0 Å². The molecule has 0 radical (unpaired) electrons. The summed E-state index contributed by atoms with van der Waals surface area (Å²) in [7, 11) is -1.67. The quantitative estimate of drug-likeness (QED) is 0.555. The van der Waals surface area contributed by atoms with E-state index in [1.54, 1.807) is 6.92 Å². The van der Waals surface area contributed by atoms with Gasteiger partial charge in [-0.25, -0.2) is 9.59 Å². The summed E-state index contributed by atoms with van der Waals surface area (Å²) in [6, 6.07) is 0. The van der Waals surface area contributed by atoms with Crippen LogP contribution in [0.5, 0.6) is 0 Å². The third-order valence-electron chi connectivity index (χ3n) is 2.29. The highest BCUT2D eigenvalue weighted by Crippen LogP contribution is 2.28. The number of hydrogen-bond acceptors (Lipinski definition) is 2. The minimum absolute atomic E-state index is 0.00309. The van der Waals surface area contributed by atoms with Crippen molar-refractivity contribution in [1.82, 2.24) is 0 Å². The molecule has 0 aliphatic carbocycles. The van der Waals surface area contributed by atoms with Gasteiger partial charge in [0.15, 0.2) is 0 Å². The number of hydrogen-bond donors (Lipinski definition) is 2. The Labute approximate surface area is 84.3 Å². The second-order valence-corrected chi connectivity index (χ2v) is 9.93. The first-order valence-corrected chi connectivity index (χ1v) is 7.91. The molecule has 4 nitrogen and oxygen atoms in total. The Bertz CT molecular complexity index is 275. The number of rotatable bonds is 4. The van der Waals surface area contributed by atoms with E-state index in [0.717, 1.165) is 6.08 Å². The zero-order valence-electron chi connectivity index (χ0n) is 8.87. The van der Waals surface area contributed by atoms with Crippen LogP contribution in [-0.4, -0.2) is 30.2 Å². The van der Waals surface area contributed by atoms with E-state index in [4.69, 9.17) is 10.2 Å². The molecule has 0 rings (SSSR count). The lowest BCUT2D eigenvalue weighted by Gasteiger charge is -2.25. The van der Waals surface area contributed by atoms with Gasteiger partial charge in [0.05, 0.1) is 8.07 Å². The number of carbonyl (C=O) groups is 2. The fourth-order valence-electron chi connectivity index (χ4n) is 0.971. The highest BCUT2D eigenvalue weighted by Gasteiger charge is 2.29. The number of carboxylic acid groups (broad SMARTS) is 2. The summed E-state index contributed by atoms with van der Waals surface area (Å²) in [6.07, 6.45) is 0.797. The monoisotopic (exact) mass is 216 g/mol. The third kappa shape index (κ3) is 3.74. The van der Waals surface area contributed by atoms with Crippen LogP contribution in [0.1, 0.15) is 6.92 Å². The number of carboxylic acids is 2. The first kappa shape index (κ1) is 12.9. The van der Waals surface area contributed by atoms with Gasteiger partial charge in [-0.15, -0.1) is 0 Å². The maximum Gasteiger partial charge on any atom is 0.331 e. The SMILES string of the molecule is CC(/C(=C\C(=O)O)C(=O)O)[Si](C)(C)C. The third-order valence-corrected chi connectivity index (χ3v) is 5.20. The molecule has 0 aliphatic rings. The van der Waals surface area contributed by atoms with Gasteiger partial charge >= 0.3 is 11.9 Å². The average molecular weight is 216 g/mol. The predicted molar refractivity (Wildman–Crippen MR) is 56.1 cm³/mol. The van der Waals surface area contributed by atoms with Crippen LogP contribution in [0, 0.1) is 0 Å². The minimum Gasteiger partial charge on any atom is -0.478 e. The molecule has 0 aromatic rings. The van der Waals surface area contributed by atoms with Crippen LogP contribution in [0.25, 0.3) is 0 Å². The fourth-order valence-corrected chi connectivity index (χ4v) is 2.11. The minimum atomic E-state index is -1.67. The Kier molecular flexibility index (Phi) is 4.06. The molecule has 2 N–H and O–H groups in total. The standard InChI is InChI=1S/C9H16O4Si/c1-6(14(2,3)4)7(9(12)13)5-8(10)11/h5-6H,1-4H3,(H,10,11)(H,12,13)/b7-5+. The van der Waals surface area contributed by atoms with Gasteiger partial charge < -0.3 is 10.2 Å². The maximum atomic E-state index is 10.8. The Hall–Kier alpha value is -1.10. The van der Waals surface area contributed by atoms with Crippen LogP contribution in [0.3, 0.4) is 0 Å². The highest BCUT2D eigenvalue weighted by molar-refractivity contribution is 6.78. The van der Waals surface area contributed by atoms with Gasteiger partial charge in [0.25, 0.3) is 0 Å². The molecule has 14 heavy (non-hydrogen) atoms. The molecule has 0 aromatic carbocycles. The molecule has 80 valence electrons. The van der Waals surface area contributed by atoms with Crippen LogP contribution in [-0.2, 0) is 9.59 Å². The van der Waals surface area contributed by atoms with Crippen molar-refractivity contribution in [3.05, 3.63) is 11.6 Å². The molecule has 1 unspecified atom stereocenters. The zero-order chi connectivity index (χ0) is 11.5. The number of aliphatic carboxylic acids is 2. The molecule has 0 saturated heterocycles. The van der Waals surface area contributed by atoms with E-state index in [1.807, 2.05) is 19.6 Å². The Morgan fingerprint density at radius 1 is 1.21 bits per heavy atom. The molecule has 0 saturated carbocycles. The van der Waals surface area contributed by atoms with Crippen LogP contribution in [0.2, 0.25) is 25.2 Å². The van der Waals surface area contributed by atoms with Crippen LogP contribution in [0.15, 0.2) is 11.6 Å². The van der Waals surface area contributed by atoms with Gasteiger partial charge in [-0.3, -0.25) is 0 Å². The van der Waals surface area contributed by atoms with Gasteiger partial charge in [-0.2, -0.15) is 0 Å². The largest absolute Gasteiger partial charge is 0.478 e. The van der Waals surface area contributed by atoms with Gasteiger partial charge in [-0.05, 0) is 5.54 Å². The molecule has 0 amide bonds. The Morgan fingerprint density at radius 3 is 1.86 bits per heavy atom. The van der Waals surface area contributed by atoms with Gasteiger partial charge in [0, 0.05) is 11.6 Å². The summed E-state index contributed by atoms with van der Waals surface area (Å²) in [4.78, 5) is 21.2. The molecular weight excluding hydrogens is 200 g/mol. The fraction of sp³-hybridized carbons (Fsp3) is 0.556. The lowest BCUT2D eigenvalue weighted by Crippen LogP contribution is -2.30. The van der Waals surface area contributed by atoms with Crippen molar-refractivity contribution in [2.75, 3.05) is 0 Å². The van der Waals surface area contributed by atoms with Crippen molar-refractivity contribution < 1.29 is 19.8 Å². The summed E-state index contributed by atoms with van der Waals surface area (Å²) in [5.74, 6) is -2.34. The summed E-state index contributed by atoms with van der Waals surface area (Å²) in [6.45, 7) is 7.80. The van der Waals surface area contributed by atoms with E-state index in [1.165, 1.54) is 0 Å². The second-order valence-electron chi connectivity index (χ2n) is 4.33. The smallest absolute Gasteiger partial charge is 0.331 e. The first-order valence-electron chi connectivity index (χ1n) is 4.34. The predicted octanol–water partition coefficient (Wildman–Crippen LogP) is 1.81. The molecule has 0 bridgehead atoms. The van der Waals surface area contributed by atoms with Gasteiger partial charge in [-0.1, -0.05) is 26.6 Å². The summed E-state index contributed by atoms with van der Waals surface area (Å²) < 4.78 is 0. The van der Waals surface area contributed by atoms with E-state index < -0.39 is 20.0 Å². The van der Waals surface area contributed by atoms with E-state index >= 15 is 0 Å². The highest BCUT2D eigenvalue weighted by atomic mass is 28.3. The van der Waals surface area contributed by atoms with Crippen LogP contribution >= 0.6 is 0 Å². The van der Waals surface area contributed by atoms with Crippen LogP contribution < -0.4 is 0 Å². The van der Waals surface area contributed by atoms with Gasteiger partial charge in [0.2, 0.25) is 0 Å². The summed E-state index contributed by atoms with van der Waals surface area (Å²) >= 11 is 0. The second kappa shape index (κ2) is 4.41. The zero-order valence-corrected chi connectivity index (χ0v) is 9.87. The lowest BCUT2D eigenvalue weighted by molar-refractivity contribution is -0.135. The normalized spacial score (nSPS) is 15.0. The molecule has 0 aromatic heterocycles. The molecule has 0 fully saturated rings. The molecule has 0 aliphatic heterocycles. The molecule has 1 atom stereocenters. The molecule has 0 heterocycles. The van der Waals surface area contributed by atoms with E-state index in [2.05, 4.69) is 0 Å². The lowest BCUT2D eigenvalue weighted by atomic mass is 10.2. The van der Waals surface area contributed by atoms with E-state index in [9.17, 15) is 9.59 Å². The van der Waals surface area contributed by atoms with Crippen molar-refractivity contribution in [2.24, 2.45) is 0 Å². The van der Waals surface area contributed by atoms with Crippen molar-refractivity contribution in [1.29, 1.82) is 0 Å². The topological polar surface area (TPSA) is 74.6 Å². The summed E-state index contributed by atoms with van der Waals surface area (Å²) in [5, 5.41) is 17.4. The maximum absolute atomic E-state index is 10.8. The van der Waals surface area contributed by atoms with E-state index in [-0.39, 0.29) is 11.1 Å². The summed E-state index contributed by atoms with van der Waals surface area (Å²) in [5.41, 5.74) is -0.173. The van der Waals surface area contributed by atoms with Gasteiger partial charge in [0.1, 0.15) is 0 Å². The average Bonchev–Trinajstić information content (AvgIpc) is 1.96. The van der Waals surface area contributed by atoms with Crippen molar-refractivity contribution in [3.63, 3.8) is 0 Å². The Morgan fingerprint density at radius 2 is 1.64 bits per heavy atom. The van der Waals surface area contributed by atoms with Crippen LogP contribution in [0.4, 0.5) is 0 Å². The molecule has 0 spiro atoms.